The summed E-state index contributed by atoms with van der Waals surface area (Å²) in [6.45, 7) is 0.921. The number of benzene rings is 1. The van der Waals surface area contributed by atoms with E-state index in [2.05, 4.69) is 15.5 Å². The summed E-state index contributed by atoms with van der Waals surface area (Å²) in [6.07, 6.45) is 1.57. The van der Waals surface area contributed by atoms with E-state index in [1.807, 2.05) is 41.0 Å². The van der Waals surface area contributed by atoms with E-state index in [1.165, 1.54) is 11.8 Å². The third kappa shape index (κ3) is 5.17. The highest BCUT2D eigenvalue weighted by Gasteiger charge is 2.29. The minimum Gasteiger partial charge on any atom is -0.461 e. The summed E-state index contributed by atoms with van der Waals surface area (Å²) in [7, 11) is 0. The van der Waals surface area contributed by atoms with Crippen LogP contribution in [0.4, 0.5) is 4.79 Å². The van der Waals surface area contributed by atoms with Crippen LogP contribution in [0.5, 0.6) is 0 Å². The Kier molecular flexibility index (Phi) is 6.73. The fraction of sp³-hybridized carbons (Fsp3) is 0.250. The minimum absolute atomic E-state index is 0.127. The SMILES string of the molecule is O=C(CSc1nnc(-c2ccco2)n1Cc1ccccc1)NCCN1C(=O)CSC1=O. The molecule has 1 aliphatic heterocycles. The molecule has 0 aliphatic carbocycles. The summed E-state index contributed by atoms with van der Waals surface area (Å²) in [5, 5.41) is 11.5. The maximum atomic E-state index is 12.3. The van der Waals surface area contributed by atoms with Crippen molar-refractivity contribution < 1.29 is 18.8 Å². The third-order valence-electron chi connectivity index (χ3n) is 4.47. The first kappa shape index (κ1) is 21.2. The number of thioether (sulfide) groups is 2. The summed E-state index contributed by atoms with van der Waals surface area (Å²) in [5.74, 6) is 1.03. The average Bonchev–Trinajstić information content (AvgIpc) is 3.50. The molecule has 11 heteroatoms. The molecule has 9 nitrogen and oxygen atoms in total. The van der Waals surface area contributed by atoms with Gasteiger partial charge < -0.3 is 9.73 Å². The molecule has 3 aromatic rings. The zero-order chi connectivity index (χ0) is 21.6. The summed E-state index contributed by atoms with van der Waals surface area (Å²) in [6, 6.07) is 13.5. The van der Waals surface area contributed by atoms with Crippen LogP contribution in [0.1, 0.15) is 5.56 Å². The molecular weight excluding hydrogens is 438 g/mol. The maximum absolute atomic E-state index is 12.3. The zero-order valence-electron chi connectivity index (χ0n) is 16.4. The first-order chi connectivity index (χ1) is 15.1. The van der Waals surface area contributed by atoms with Gasteiger partial charge in [0, 0.05) is 13.1 Å². The van der Waals surface area contributed by atoms with Gasteiger partial charge in [-0.2, -0.15) is 0 Å². The van der Waals surface area contributed by atoms with Gasteiger partial charge in [0.25, 0.3) is 5.24 Å². The van der Waals surface area contributed by atoms with E-state index < -0.39 is 0 Å². The molecule has 3 heterocycles. The average molecular weight is 458 g/mol. The number of rotatable bonds is 9. The fourth-order valence-corrected chi connectivity index (χ4v) is 4.50. The summed E-state index contributed by atoms with van der Waals surface area (Å²) in [4.78, 5) is 36.6. The molecule has 2 aromatic heterocycles. The largest absolute Gasteiger partial charge is 0.461 e. The van der Waals surface area contributed by atoms with E-state index in [1.54, 1.807) is 12.3 Å². The van der Waals surface area contributed by atoms with E-state index in [4.69, 9.17) is 4.42 Å². The summed E-state index contributed by atoms with van der Waals surface area (Å²) >= 11 is 2.24. The molecule has 1 N–H and O–H groups in total. The standard InChI is InChI=1S/C20H19N5O4S2/c26-16(21-8-9-24-17(27)13-31-20(24)28)12-30-19-23-22-18(15-7-4-10-29-15)25(19)11-14-5-2-1-3-6-14/h1-7,10H,8-9,11-13H2,(H,21,26). The molecule has 3 amide bonds. The second kappa shape index (κ2) is 9.84. The van der Waals surface area contributed by atoms with Crippen molar-refractivity contribution in [1.82, 2.24) is 25.0 Å². The molecule has 1 aliphatic rings. The second-order valence-electron chi connectivity index (χ2n) is 6.59. The summed E-state index contributed by atoms with van der Waals surface area (Å²) in [5.41, 5.74) is 1.07. The molecule has 1 saturated heterocycles. The van der Waals surface area contributed by atoms with Gasteiger partial charge >= 0.3 is 0 Å². The Hall–Kier alpha value is -3.05. The quantitative estimate of drug-likeness (QED) is 0.488. The number of hydrogen-bond acceptors (Lipinski definition) is 8. The lowest BCUT2D eigenvalue weighted by molar-refractivity contribution is -0.125. The minimum atomic E-state index is -0.270. The molecule has 0 bridgehead atoms. The Balaban J connectivity index is 1.38. The Labute approximate surface area is 186 Å². The van der Waals surface area contributed by atoms with Gasteiger partial charge in [-0.05, 0) is 17.7 Å². The number of carbonyl (C=O) groups is 3. The zero-order valence-corrected chi connectivity index (χ0v) is 18.0. The summed E-state index contributed by atoms with van der Waals surface area (Å²) < 4.78 is 7.39. The van der Waals surface area contributed by atoms with Crippen LogP contribution < -0.4 is 5.32 Å². The smallest absolute Gasteiger partial charge is 0.288 e. The van der Waals surface area contributed by atoms with E-state index in [-0.39, 0.29) is 41.6 Å². The van der Waals surface area contributed by atoms with Crippen molar-refractivity contribution in [3.63, 3.8) is 0 Å². The van der Waals surface area contributed by atoms with Crippen molar-refractivity contribution in [1.29, 1.82) is 0 Å². The van der Waals surface area contributed by atoms with Gasteiger partial charge in [0.15, 0.2) is 10.9 Å². The highest BCUT2D eigenvalue weighted by molar-refractivity contribution is 8.14. The molecule has 4 rings (SSSR count). The number of amides is 3. The van der Waals surface area contributed by atoms with Gasteiger partial charge in [-0.1, -0.05) is 53.9 Å². The number of carbonyl (C=O) groups excluding carboxylic acids is 3. The molecule has 0 spiro atoms. The first-order valence-corrected chi connectivity index (χ1v) is 11.5. The Bertz CT molecular complexity index is 1050. The van der Waals surface area contributed by atoms with Crippen LogP contribution in [0.2, 0.25) is 0 Å². The highest BCUT2D eigenvalue weighted by atomic mass is 32.2. The maximum Gasteiger partial charge on any atom is 0.288 e. The topological polar surface area (TPSA) is 110 Å². The van der Waals surface area contributed by atoms with Crippen molar-refractivity contribution in [2.75, 3.05) is 24.6 Å². The van der Waals surface area contributed by atoms with Gasteiger partial charge in [0.1, 0.15) is 0 Å². The molecule has 1 aromatic carbocycles. The lowest BCUT2D eigenvalue weighted by Crippen LogP contribution is -2.38. The van der Waals surface area contributed by atoms with Crippen LogP contribution in [-0.4, -0.2) is 61.3 Å². The van der Waals surface area contributed by atoms with Crippen LogP contribution in [0.3, 0.4) is 0 Å². The van der Waals surface area contributed by atoms with E-state index in [9.17, 15) is 14.4 Å². The lowest BCUT2D eigenvalue weighted by atomic mass is 10.2. The van der Waals surface area contributed by atoms with Gasteiger partial charge in [-0.15, -0.1) is 10.2 Å². The van der Waals surface area contributed by atoms with Crippen LogP contribution in [-0.2, 0) is 16.1 Å². The third-order valence-corrected chi connectivity index (χ3v) is 6.30. The molecule has 0 radical (unpaired) electrons. The molecule has 0 saturated carbocycles. The number of hydrogen-bond donors (Lipinski definition) is 1. The van der Waals surface area contributed by atoms with E-state index >= 15 is 0 Å². The fourth-order valence-electron chi connectivity index (χ4n) is 2.98. The van der Waals surface area contributed by atoms with Crippen LogP contribution in [0, 0.1) is 0 Å². The Morgan fingerprint density at radius 2 is 2.00 bits per heavy atom. The van der Waals surface area contributed by atoms with Crippen LogP contribution in [0.15, 0.2) is 58.3 Å². The monoisotopic (exact) mass is 457 g/mol. The molecular formula is C20H19N5O4S2. The van der Waals surface area contributed by atoms with E-state index in [0.717, 1.165) is 22.2 Å². The number of furan rings is 1. The predicted molar refractivity (Wildman–Crippen MR) is 117 cm³/mol. The predicted octanol–water partition coefficient (Wildman–Crippen LogP) is 2.49. The van der Waals surface area contributed by atoms with Crippen molar-refractivity contribution in [3.8, 4) is 11.6 Å². The second-order valence-corrected chi connectivity index (χ2v) is 8.46. The molecule has 31 heavy (non-hydrogen) atoms. The number of imide groups is 1. The van der Waals surface area contributed by atoms with Crippen molar-refractivity contribution in [2.45, 2.75) is 11.7 Å². The van der Waals surface area contributed by atoms with Gasteiger partial charge in [-0.25, -0.2) is 0 Å². The molecule has 0 atom stereocenters. The van der Waals surface area contributed by atoms with Gasteiger partial charge in [0.2, 0.25) is 17.6 Å². The van der Waals surface area contributed by atoms with Gasteiger partial charge in [0.05, 0.1) is 24.3 Å². The molecule has 0 unspecified atom stereocenters. The van der Waals surface area contributed by atoms with Crippen molar-refractivity contribution in [3.05, 3.63) is 54.3 Å². The number of nitrogens with one attached hydrogen (secondary N) is 1. The Morgan fingerprint density at radius 1 is 1.16 bits per heavy atom. The first-order valence-electron chi connectivity index (χ1n) is 9.49. The highest BCUT2D eigenvalue weighted by Crippen LogP contribution is 2.25. The Morgan fingerprint density at radius 3 is 2.71 bits per heavy atom. The molecule has 1 fully saturated rings. The van der Waals surface area contributed by atoms with Crippen LogP contribution in [0.25, 0.3) is 11.6 Å². The lowest BCUT2D eigenvalue weighted by Gasteiger charge is -2.13. The normalized spacial score (nSPS) is 13.7. The van der Waals surface area contributed by atoms with Crippen LogP contribution >= 0.6 is 23.5 Å². The van der Waals surface area contributed by atoms with Crippen molar-refractivity contribution in [2.24, 2.45) is 0 Å². The van der Waals surface area contributed by atoms with Gasteiger partial charge in [-0.3, -0.25) is 23.9 Å². The number of nitrogens with zero attached hydrogens (tertiary/aromatic N) is 4. The molecule has 160 valence electrons. The number of aromatic nitrogens is 3. The van der Waals surface area contributed by atoms with Crippen molar-refractivity contribution >= 4 is 40.6 Å². The van der Waals surface area contributed by atoms with E-state index in [0.29, 0.717) is 23.3 Å².